The quantitative estimate of drug-likeness (QED) is 0.888. The number of urea groups is 1. The van der Waals surface area contributed by atoms with Crippen LogP contribution in [0.5, 0.6) is 0 Å². The van der Waals surface area contributed by atoms with Crippen molar-refractivity contribution >= 4 is 11.9 Å². The summed E-state index contributed by atoms with van der Waals surface area (Å²) in [5.41, 5.74) is 0.806. The van der Waals surface area contributed by atoms with Crippen molar-refractivity contribution in [1.29, 1.82) is 0 Å². The van der Waals surface area contributed by atoms with E-state index < -0.39 is 0 Å². The highest BCUT2D eigenvalue weighted by molar-refractivity contribution is 5.89. The topological polar surface area (TPSA) is 61.4 Å². The average molecular weight is 341 g/mol. The minimum absolute atomic E-state index is 0.0167. The van der Waals surface area contributed by atoms with Crippen molar-refractivity contribution in [3.63, 3.8) is 0 Å². The molecule has 1 aromatic carbocycles. The average Bonchev–Trinajstić information content (AvgIpc) is 3.01. The van der Waals surface area contributed by atoms with E-state index in [1.807, 2.05) is 23.1 Å². The molecule has 0 aromatic heterocycles. The number of amides is 3. The Morgan fingerprint density at radius 1 is 1.20 bits per heavy atom. The van der Waals surface area contributed by atoms with Gasteiger partial charge in [0.15, 0.2) is 0 Å². The Labute approximate surface area is 149 Å². The molecule has 3 atom stereocenters. The summed E-state index contributed by atoms with van der Waals surface area (Å²) in [5, 5.41) is 6.13. The number of piperidine rings is 1. The lowest BCUT2D eigenvalue weighted by atomic mass is 9.96. The molecule has 5 heteroatoms. The first kappa shape index (κ1) is 16.4. The molecule has 2 saturated heterocycles. The summed E-state index contributed by atoms with van der Waals surface area (Å²) in [5.74, 6) is 0.0867. The second-order valence-electron chi connectivity index (χ2n) is 8.40. The standard InChI is InChI=1S/C20H27N3O2/c1-19(2)13-20(19,14-8-4-3-5-9-14)22-18(25)21-16-12-15-10-6-7-11-23(15)17(16)24/h3-5,8-9,15-16H,6-7,10-13H2,1-2H3,(H2,21,22,25). The molecule has 0 spiro atoms. The maximum atomic E-state index is 12.7. The van der Waals surface area contributed by atoms with Crippen molar-refractivity contribution in [3.05, 3.63) is 35.9 Å². The van der Waals surface area contributed by atoms with Crippen LogP contribution in [-0.4, -0.2) is 35.5 Å². The zero-order valence-corrected chi connectivity index (χ0v) is 15.0. The van der Waals surface area contributed by atoms with E-state index in [4.69, 9.17) is 0 Å². The van der Waals surface area contributed by atoms with Crippen LogP contribution in [0.15, 0.2) is 30.3 Å². The van der Waals surface area contributed by atoms with Crippen molar-refractivity contribution in [2.45, 2.75) is 63.6 Å². The third-order valence-corrected chi connectivity index (χ3v) is 6.35. The summed E-state index contributed by atoms with van der Waals surface area (Å²) in [7, 11) is 0. The zero-order valence-electron chi connectivity index (χ0n) is 15.0. The Balaban J connectivity index is 1.44. The molecule has 1 saturated carbocycles. The normalized spacial score (nSPS) is 32.9. The summed E-state index contributed by atoms with van der Waals surface area (Å²) < 4.78 is 0. The minimum atomic E-state index is -0.377. The lowest BCUT2D eigenvalue weighted by Crippen LogP contribution is -2.50. The number of rotatable bonds is 3. The highest BCUT2D eigenvalue weighted by Gasteiger charge is 2.63. The molecular formula is C20H27N3O2. The fourth-order valence-electron chi connectivity index (χ4n) is 4.74. The number of nitrogens with zero attached hydrogens (tertiary/aromatic N) is 1. The lowest BCUT2D eigenvalue weighted by Gasteiger charge is -2.29. The monoisotopic (exact) mass is 341 g/mol. The summed E-state index contributed by atoms with van der Waals surface area (Å²) in [6.07, 6.45) is 4.97. The van der Waals surface area contributed by atoms with E-state index in [1.165, 1.54) is 6.42 Å². The van der Waals surface area contributed by atoms with Crippen LogP contribution in [0.2, 0.25) is 0 Å². The van der Waals surface area contributed by atoms with Gasteiger partial charge >= 0.3 is 6.03 Å². The van der Waals surface area contributed by atoms with E-state index in [0.717, 1.165) is 37.8 Å². The van der Waals surface area contributed by atoms with Gasteiger partial charge in [0.25, 0.3) is 0 Å². The van der Waals surface area contributed by atoms with E-state index in [2.05, 4.69) is 36.6 Å². The molecule has 3 fully saturated rings. The molecule has 1 aliphatic carbocycles. The smallest absolute Gasteiger partial charge is 0.316 e. The Bertz CT molecular complexity index is 687. The second kappa shape index (κ2) is 5.75. The van der Waals surface area contributed by atoms with E-state index in [1.54, 1.807) is 0 Å². The van der Waals surface area contributed by atoms with Crippen LogP contribution in [0.4, 0.5) is 4.79 Å². The molecule has 2 aliphatic heterocycles. The van der Waals surface area contributed by atoms with Gasteiger partial charge in [-0.05, 0) is 43.1 Å². The number of fused-ring (bicyclic) bond motifs is 1. The number of carbonyl (C=O) groups excluding carboxylic acids is 2. The Kier molecular flexibility index (Phi) is 3.78. The minimum Gasteiger partial charge on any atom is -0.338 e. The van der Waals surface area contributed by atoms with Gasteiger partial charge in [0, 0.05) is 12.6 Å². The maximum Gasteiger partial charge on any atom is 0.316 e. The first-order chi connectivity index (χ1) is 11.9. The fraction of sp³-hybridized carbons (Fsp3) is 0.600. The van der Waals surface area contributed by atoms with Crippen LogP contribution in [0, 0.1) is 5.41 Å². The molecule has 4 rings (SSSR count). The molecular weight excluding hydrogens is 314 g/mol. The molecule has 1 aromatic rings. The predicted molar refractivity (Wildman–Crippen MR) is 95.9 cm³/mol. The van der Waals surface area contributed by atoms with Crippen molar-refractivity contribution in [2.75, 3.05) is 6.54 Å². The molecule has 0 bridgehead atoms. The van der Waals surface area contributed by atoms with E-state index in [0.29, 0.717) is 6.04 Å². The van der Waals surface area contributed by atoms with Gasteiger partial charge in [-0.15, -0.1) is 0 Å². The molecule has 134 valence electrons. The summed E-state index contributed by atoms with van der Waals surface area (Å²) in [6.45, 7) is 5.17. The molecule has 2 N–H and O–H groups in total. The molecule has 0 radical (unpaired) electrons. The van der Waals surface area contributed by atoms with Gasteiger partial charge in [0.05, 0.1) is 5.54 Å². The molecule has 5 nitrogen and oxygen atoms in total. The van der Waals surface area contributed by atoms with Gasteiger partial charge < -0.3 is 15.5 Å². The van der Waals surface area contributed by atoms with E-state index in [9.17, 15) is 9.59 Å². The van der Waals surface area contributed by atoms with Crippen LogP contribution in [0.1, 0.15) is 51.5 Å². The van der Waals surface area contributed by atoms with Gasteiger partial charge in [-0.3, -0.25) is 4.79 Å². The number of benzene rings is 1. The number of nitrogens with one attached hydrogen (secondary N) is 2. The molecule has 3 unspecified atom stereocenters. The van der Waals surface area contributed by atoms with Crippen LogP contribution >= 0.6 is 0 Å². The Morgan fingerprint density at radius 3 is 2.56 bits per heavy atom. The highest BCUT2D eigenvalue weighted by atomic mass is 16.2. The van der Waals surface area contributed by atoms with Gasteiger partial charge in [-0.2, -0.15) is 0 Å². The molecule has 3 aliphatic rings. The van der Waals surface area contributed by atoms with Crippen molar-refractivity contribution in [1.82, 2.24) is 15.5 Å². The number of hydrogen-bond acceptors (Lipinski definition) is 2. The second-order valence-corrected chi connectivity index (χ2v) is 8.40. The van der Waals surface area contributed by atoms with Crippen LogP contribution < -0.4 is 10.6 Å². The number of hydrogen-bond donors (Lipinski definition) is 2. The predicted octanol–water partition coefficient (Wildman–Crippen LogP) is 2.76. The van der Waals surface area contributed by atoms with Gasteiger partial charge in [0.1, 0.15) is 6.04 Å². The van der Waals surface area contributed by atoms with Gasteiger partial charge in [0.2, 0.25) is 5.91 Å². The molecule has 3 amide bonds. The van der Waals surface area contributed by atoms with Crippen molar-refractivity contribution in [3.8, 4) is 0 Å². The Morgan fingerprint density at radius 2 is 1.92 bits per heavy atom. The van der Waals surface area contributed by atoms with Crippen molar-refractivity contribution in [2.24, 2.45) is 5.41 Å². The maximum absolute atomic E-state index is 12.7. The van der Waals surface area contributed by atoms with Gasteiger partial charge in [-0.25, -0.2) is 4.79 Å². The summed E-state index contributed by atoms with van der Waals surface area (Å²) in [6, 6.07) is 9.83. The number of carbonyl (C=O) groups is 2. The van der Waals surface area contributed by atoms with E-state index >= 15 is 0 Å². The van der Waals surface area contributed by atoms with Gasteiger partial charge in [-0.1, -0.05) is 44.2 Å². The van der Waals surface area contributed by atoms with E-state index in [-0.39, 0.29) is 28.9 Å². The van der Waals surface area contributed by atoms with Crippen molar-refractivity contribution < 1.29 is 9.59 Å². The fourth-order valence-corrected chi connectivity index (χ4v) is 4.74. The SMILES string of the molecule is CC1(C)CC1(NC(=O)NC1CC2CCCCN2C1=O)c1ccccc1. The summed E-state index contributed by atoms with van der Waals surface area (Å²) in [4.78, 5) is 27.2. The lowest BCUT2D eigenvalue weighted by molar-refractivity contribution is -0.131. The third-order valence-electron chi connectivity index (χ3n) is 6.35. The zero-order chi connectivity index (χ0) is 17.7. The largest absolute Gasteiger partial charge is 0.338 e. The molecule has 25 heavy (non-hydrogen) atoms. The third kappa shape index (κ3) is 2.70. The van der Waals surface area contributed by atoms with Crippen LogP contribution in [-0.2, 0) is 10.3 Å². The van der Waals surface area contributed by atoms with Crippen LogP contribution in [0.3, 0.4) is 0 Å². The first-order valence-corrected chi connectivity index (χ1v) is 9.38. The highest BCUT2D eigenvalue weighted by Crippen LogP contribution is 2.62. The molecule has 2 heterocycles. The Hall–Kier alpha value is -2.04. The summed E-state index contributed by atoms with van der Waals surface area (Å²) >= 11 is 0. The van der Waals surface area contributed by atoms with Crippen LogP contribution in [0.25, 0.3) is 0 Å². The first-order valence-electron chi connectivity index (χ1n) is 9.38.